The number of carbonyl (C=O) groups is 2. The second-order valence-electron chi connectivity index (χ2n) is 5.85. The molecule has 0 radical (unpaired) electrons. The summed E-state index contributed by atoms with van der Waals surface area (Å²) < 4.78 is 5.36. The number of likely N-dealkylation sites (N-methyl/N-ethyl adjacent to an activating group) is 1. The van der Waals surface area contributed by atoms with Crippen LogP contribution in [0.4, 0.5) is 4.79 Å². The highest BCUT2D eigenvalue weighted by atomic mass is 16.7. The lowest BCUT2D eigenvalue weighted by Gasteiger charge is -2.31. The van der Waals surface area contributed by atoms with Crippen LogP contribution in [0.1, 0.15) is 40.5 Å². The molecule has 0 aliphatic carbocycles. The third kappa shape index (κ3) is 3.83. The molecular weight excluding hydrogens is 248 g/mol. The van der Waals surface area contributed by atoms with Crippen molar-refractivity contribution in [3.63, 3.8) is 0 Å². The van der Waals surface area contributed by atoms with E-state index >= 15 is 0 Å². The quantitative estimate of drug-likeness (QED) is 0.719. The summed E-state index contributed by atoms with van der Waals surface area (Å²) in [5.41, 5.74) is -0.569. The third-order valence-electron chi connectivity index (χ3n) is 3.14. The molecule has 110 valence electrons. The second-order valence-corrected chi connectivity index (χ2v) is 5.85. The van der Waals surface area contributed by atoms with Crippen molar-refractivity contribution in [2.75, 3.05) is 14.2 Å². The summed E-state index contributed by atoms with van der Waals surface area (Å²) in [5.74, 6) is -0.224. The van der Waals surface area contributed by atoms with Crippen LogP contribution in [0.25, 0.3) is 0 Å². The fourth-order valence-electron chi connectivity index (χ4n) is 2.15. The van der Waals surface area contributed by atoms with Crippen LogP contribution in [-0.4, -0.2) is 53.8 Å². The van der Waals surface area contributed by atoms with Crippen molar-refractivity contribution >= 4 is 12.0 Å². The van der Waals surface area contributed by atoms with E-state index in [1.807, 2.05) is 27.7 Å². The van der Waals surface area contributed by atoms with Crippen molar-refractivity contribution in [3.05, 3.63) is 0 Å². The minimum atomic E-state index is -0.569. The maximum Gasteiger partial charge on any atom is 0.411 e. The number of hydrogen-bond donors (Lipinski definition) is 0. The van der Waals surface area contributed by atoms with E-state index in [2.05, 4.69) is 0 Å². The van der Waals surface area contributed by atoms with E-state index in [0.717, 1.165) is 11.5 Å². The van der Waals surface area contributed by atoms with Gasteiger partial charge in [0.15, 0.2) is 0 Å². The maximum absolute atomic E-state index is 12.2. The van der Waals surface area contributed by atoms with Gasteiger partial charge in [0.25, 0.3) is 5.91 Å². The van der Waals surface area contributed by atoms with Crippen LogP contribution in [0.3, 0.4) is 0 Å². The van der Waals surface area contributed by atoms with E-state index in [9.17, 15) is 9.59 Å². The number of hydrogen-bond acceptors (Lipinski definition) is 4. The standard InChI is InChI=1S/C13H24N2O4/c1-9-7-8-10(11(16)14(5)18-6)15(9)12(17)19-13(2,3)4/h9-10H,7-8H2,1-6H3/t9-,10-/m1/s1. The Morgan fingerprint density at radius 3 is 2.32 bits per heavy atom. The van der Waals surface area contributed by atoms with Gasteiger partial charge in [0.05, 0.1) is 7.11 Å². The lowest BCUT2D eigenvalue weighted by molar-refractivity contribution is -0.173. The smallest absolute Gasteiger partial charge is 0.411 e. The molecular formula is C13H24N2O4. The van der Waals surface area contributed by atoms with Crippen LogP contribution >= 0.6 is 0 Å². The Labute approximate surface area is 114 Å². The van der Waals surface area contributed by atoms with E-state index < -0.39 is 17.7 Å². The maximum atomic E-state index is 12.2. The van der Waals surface area contributed by atoms with Crippen molar-refractivity contribution in [1.29, 1.82) is 0 Å². The Morgan fingerprint density at radius 2 is 1.84 bits per heavy atom. The molecule has 1 saturated heterocycles. The zero-order valence-corrected chi connectivity index (χ0v) is 12.6. The van der Waals surface area contributed by atoms with Crippen LogP contribution < -0.4 is 0 Å². The zero-order valence-electron chi connectivity index (χ0n) is 12.6. The fourth-order valence-corrected chi connectivity index (χ4v) is 2.15. The Hall–Kier alpha value is -1.30. The summed E-state index contributed by atoms with van der Waals surface area (Å²) in [6.45, 7) is 7.35. The minimum Gasteiger partial charge on any atom is -0.444 e. The van der Waals surface area contributed by atoms with E-state index in [4.69, 9.17) is 9.57 Å². The molecule has 0 spiro atoms. The molecule has 19 heavy (non-hydrogen) atoms. The van der Waals surface area contributed by atoms with Gasteiger partial charge in [0, 0.05) is 13.1 Å². The van der Waals surface area contributed by atoms with E-state index in [1.54, 1.807) is 7.05 Å². The van der Waals surface area contributed by atoms with E-state index in [0.29, 0.717) is 6.42 Å². The van der Waals surface area contributed by atoms with Crippen molar-refractivity contribution in [2.45, 2.75) is 58.2 Å². The zero-order chi connectivity index (χ0) is 14.8. The molecule has 1 aliphatic heterocycles. The van der Waals surface area contributed by atoms with Crippen LogP contribution in [0.15, 0.2) is 0 Å². The summed E-state index contributed by atoms with van der Waals surface area (Å²) in [6.07, 6.45) is 0.973. The third-order valence-corrected chi connectivity index (χ3v) is 3.14. The molecule has 0 aromatic carbocycles. The highest BCUT2D eigenvalue weighted by Crippen LogP contribution is 2.27. The molecule has 0 saturated carbocycles. The SMILES string of the molecule is CON(C)C(=O)[C@H]1CC[C@@H](C)N1C(=O)OC(C)(C)C. The molecule has 1 rings (SSSR count). The Balaban J connectivity index is 2.83. The number of amides is 2. The predicted molar refractivity (Wildman–Crippen MR) is 70.3 cm³/mol. The predicted octanol–water partition coefficient (Wildman–Crippen LogP) is 1.79. The van der Waals surface area contributed by atoms with Crippen molar-refractivity contribution < 1.29 is 19.2 Å². The van der Waals surface area contributed by atoms with Gasteiger partial charge in [-0.05, 0) is 40.5 Å². The molecule has 2 amide bonds. The van der Waals surface area contributed by atoms with Crippen molar-refractivity contribution in [3.8, 4) is 0 Å². The van der Waals surface area contributed by atoms with Crippen molar-refractivity contribution in [2.24, 2.45) is 0 Å². The number of hydroxylamine groups is 2. The average Bonchev–Trinajstić information content (AvgIpc) is 2.66. The van der Waals surface area contributed by atoms with Gasteiger partial charge in [0.1, 0.15) is 11.6 Å². The number of carbonyl (C=O) groups excluding carboxylic acids is 2. The molecule has 6 nitrogen and oxygen atoms in total. The Morgan fingerprint density at radius 1 is 1.26 bits per heavy atom. The molecule has 0 aromatic heterocycles. The topological polar surface area (TPSA) is 59.1 Å². The first-order chi connectivity index (χ1) is 8.67. The van der Waals surface area contributed by atoms with Gasteiger partial charge in [-0.2, -0.15) is 0 Å². The van der Waals surface area contributed by atoms with E-state index in [1.165, 1.54) is 12.0 Å². The molecule has 0 N–H and O–H groups in total. The summed E-state index contributed by atoms with van der Waals surface area (Å²) in [6, 6.07) is -0.510. The van der Waals surface area contributed by atoms with Crippen LogP contribution in [0.5, 0.6) is 0 Å². The van der Waals surface area contributed by atoms with Gasteiger partial charge in [-0.25, -0.2) is 9.86 Å². The molecule has 1 heterocycles. The number of likely N-dealkylation sites (tertiary alicyclic amines) is 1. The molecule has 2 atom stereocenters. The van der Waals surface area contributed by atoms with Crippen LogP contribution in [0.2, 0.25) is 0 Å². The van der Waals surface area contributed by atoms with E-state index in [-0.39, 0.29) is 11.9 Å². The van der Waals surface area contributed by atoms with Gasteiger partial charge in [-0.15, -0.1) is 0 Å². The second kappa shape index (κ2) is 5.77. The Bertz CT molecular complexity index is 351. The Kier molecular flexibility index (Phi) is 4.79. The average molecular weight is 272 g/mol. The highest BCUT2D eigenvalue weighted by Gasteiger charge is 2.42. The van der Waals surface area contributed by atoms with Gasteiger partial charge in [-0.3, -0.25) is 14.5 Å². The number of rotatable bonds is 2. The van der Waals surface area contributed by atoms with Crippen molar-refractivity contribution in [1.82, 2.24) is 9.96 Å². The highest BCUT2D eigenvalue weighted by molar-refractivity contribution is 5.85. The first-order valence-electron chi connectivity index (χ1n) is 6.50. The first-order valence-corrected chi connectivity index (χ1v) is 6.50. The molecule has 6 heteroatoms. The number of ether oxygens (including phenoxy) is 1. The summed E-state index contributed by atoms with van der Waals surface area (Å²) in [5, 5.41) is 1.15. The summed E-state index contributed by atoms with van der Waals surface area (Å²) in [7, 11) is 2.96. The lowest BCUT2D eigenvalue weighted by Crippen LogP contribution is -2.50. The van der Waals surface area contributed by atoms with Crippen LogP contribution in [0, 0.1) is 0 Å². The molecule has 1 fully saturated rings. The summed E-state index contributed by atoms with van der Waals surface area (Å²) >= 11 is 0. The van der Waals surface area contributed by atoms with Gasteiger partial charge in [0.2, 0.25) is 0 Å². The number of nitrogens with zero attached hydrogens (tertiary/aromatic N) is 2. The van der Waals surface area contributed by atoms with Gasteiger partial charge >= 0.3 is 6.09 Å². The summed E-state index contributed by atoms with van der Waals surface area (Å²) in [4.78, 5) is 30.8. The minimum absolute atomic E-state index is 0.00550. The fraction of sp³-hybridized carbons (Fsp3) is 0.846. The van der Waals surface area contributed by atoms with Crippen LogP contribution in [-0.2, 0) is 14.4 Å². The van der Waals surface area contributed by atoms with Gasteiger partial charge < -0.3 is 4.74 Å². The molecule has 1 aliphatic rings. The normalized spacial score (nSPS) is 23.4. The molecule has 0 unspecified atom stereocenters. The first kappa shape index (κ1) is 15.8. The lowest BCUT2D eigenvalue weighted by atomic mass is 10.2. The van der Waals surface area contributed by atoms with Gasteiger partial charge in [-0.1, -0.05) is 0 Å². The molecule has 0 aromatic rings. The largest absolute Gasteiger partial charge is 0.444 e. The monoisotopic (exact) mass is 272 g/mol. The molecule has 0 bridgehead atoms.